The standard InChI is InChI=1S/C16H29N3O.HI/c1-3-17-14(18-12-15(2)4-5-15)19-9-6-16(13-19)7-10-20-11-8-16;/h3-13H2,1-2H3,(H,17,18);1H. The largest absolute Gasteiger partial charge is 0.381 e. The van der Waals surface area contributed by atoms with Gasteiger partial charge >= 0.3 is 0 Å². The van der Waals surface area contributed by atoms with E-state index in [-0.39, 0.29) is 24.0 Å². The lowest BCUT2D eigenvalue weighted by molar-refractivity contribution is 0.0217. The van der Waals surface area contributed by atoms with Gasteiger partial charge in [0.25, 0.3) is 0 Å². The molecule has 0 aromatic rings. The molecule has 2 saturated heterocycles. The van der Waals surface area contributed by atoms with Crippen molar-refractivity contribution in [2.45, 2.75) is 46.0 Å². The third kappa shape index (κ3) is 4.24. The van der Waals surface area contributed by atoms with Crippen molar-refractivity contribution in [1.29, 1.82) is 0 Å². The molecule has 2 aliphatic heterocycles. The van der Waals surface area contributed by atoms with E-state index >= 15 is 0 Å². The molecule has 5 heteroatoms. The number of hydrogen-bond acceptors (Lipinski definition) is 2. The fraction of sp³-hybridized carbons (Fsp3) is 0.938. The van der Waals surface area contributed by atoms with Gasteiger partial charge in [0, 0.05) is 39.4 Å². The molecule has 0 amide bonds. The monoisotopic (exact) mass is 407 g/mol. The molecule has 0 aromatic carbocycles. The molecule has 21 heavy (non-hydrogen) atoms. The topological polar surface area (TPSA) is 36.9 Å². The Morgan fingerprint density at radius 2 is 1.90 bits per heavy atom. The first-order chi connectivity index (χ1) is 9.65. The van der Waals surface area contributed by atoms with Crippen molar-refractivity contribution in [3.63, 3.8) is 0 Å². The second-order valence-corrected chi connectivity index (χ2v) is 7.26. The van der Waals surface area contributed by atoms with Crippen LogP contribution >= 0.6 is 24.0 Å². The number of halogens is 1. The van der Waals surface area contributed by atoms with E-state index in [2.05, 4.69) is 24.1 Å². The molecular weight excluding hydrogens is 377 g/mol. The Labute approximate surface area is 146 Å². The molecule has 0 atom stereocenters. The number of ether oxygens (including phenoxy) is 1. The van der Waals surface area contributed by atoms with E-state index in [0.29, 0.717) is 10.8 Å². The Kier molecular flexibility index (Phi) is 5.79. The van der Waals surface area contributed by atoms with Gasteiger partial charge in [0.1, 0.15) is 0 Å². The zero-order chi connectivity index (χ0) is 14.1. The van der Waals surface area contributed by atoms with Crippen molar-refractivity contribution < 1.29 is 4.74 Å². The fourth-order valence-corrected chi connectivity index (χ4v) is 3.39. The molecule has 0 radical (unpaired) electrons. The predicted molar refractivity (Wildman–Crippen MR) is 97.4 cm³/mol. The molecule has 122 valence electrons. The summed E-state index contributed by atoms with van der Waals surface area (Å²) in [6, 6.07) is 0. The van der Waals surface area contributed by atoms with Crippen LogP contribution in [-0.4, -0.2) is 50.3 Å². The van der Waals surface area contributed by atoms with Gasteiger partial charge in [-0.2, -0.15) is 0 Å². The van der Waals surface area contributed by atoms with Crippen LogP contribution in [0, 0.1) is 10.8 Å². The van der Waals surface area contributed by atoms with E-state index in [1.54, 1.807) is 0 Å². The van der Waals surface area contributed by atoms with Crippen molar-refractivity contribution in [2.75, 3.05) is 39.4 Å². The van der Waals surface area contributed by atoms with Crippen LogP contribution < -0.4 is 5.32 Å². The molecule has 0 aromatic heterocycles. The van der Waals surface area contributed by atoms with Gasteiger partial charge in [-0.15, -0.1) is 24.0 Å². The van der Waals surface area contributed by atoms with Gasteiger partial charge in [-0.1, -0.05) is 6.92 Å². The van der Waals surface area contributed by atoms with E-state index in [4.69, 9.17) is 9.73 Å². The van der Waals surface area contributed by atoms with Gasteiger partial charge in [0.2, 0.25) is 0 Å². The minimum absolute atomic E-state index is 0. The zero-order valence-corrected chi connectivity index (χ0v) is 15.8. The highest BCUT2D eigenvalue weighted by Crippen LogP contribution is 2.45. The molecule has 1 spiro atoms. The van der Waals surface area contributed by atoms with E-state index in [1.807, 2.05) is 0 Å². The molecule has 1 N–H and O–H groups in total. The molecule has 0 bridgehead atoms. The maximum Gasteiger partial charge on any atom is 0.193 e. The van der Waals surface area contributed by atoms with Crippen molar-refractivity contribution in [1.82, 2.24) is 10.2 Å². The van der Waals surface area contributed by atoms with Crippen molar-refractivity contribution in [3.8, 4) is 0 Å². The van der Waals surface area contributed by atoms with Crippen LogP contribution in [0.15, 0.2) is 4.99 Å². The quantitative estimate of drug-likeness (QED) is 0.444. The van der Waals surface area contributed by atoms with Gasteiger partial charge in [-0.25, -0.2) is 0 Å². The summed E-state index contributed by atoms with van der Waals surface area (Å²) in [6.07, 6.45) is 6.44. The van der Waals surface area contributed by atoms with E-state index in [1.165, 1.54) is 38.6 Å². The van der Waals surface area contributed by atoms with E-state index < -0.39 is 0 Å². The molecule has 4 nitrogen and oxygen atoms in total. The summed E-state index contributed by atoms with van der Waals surface area (Å²) in [5, 5.41) is 3.49. The lowest BCUT2D eigenvalue weighted by atomic mass is 9.80. The zero-order valence-electron chi connectivity index (χ0n) is 13.5. The fourth-order valence-electron chi connectivity index (χ4n) is 3.39. The van der Waals surface area contributed by atoms with E-state index in [9.17, 15) is 0 Å². The molecule has 2 heterocycles. The van der Waals surface area contributed by atoms with Gasteiger partial charge in [0.15, 0.2) is 5.96 Å². The number of likely N-dealkylation sites (tertiary alicyclic amines) is 1. The molecule has 3 rings (SSSR count). The summed E-state index contributed by atoms with van der Waals surface area (Å²) < 4.78 is 5.54. The number of hydrogen-bond donors (Lipinski definition) is 1. The summed E-state index contributed by atoms with van der Waals surface area (Å²) in [4.78, 5) is 7.39. The number of nitrogens with zero attached hydrogens (tertiary/aromatic N) is 2. The third-order valence-corrected chi connectivity index (χ3v) is 5.34. The first-order valence-corrected chi connectivity index (χ1v) is 8.26. The van der Waals surface area contributed by atoms with Crippen LogP contribution in [0.4, 0.5) is 0 Å². The van der Waals surface area contributed by atoms with Crippen LogP contribution in [0.2, 0.25) is 0 Å². The summed E-state index contributed by atoms with van der Waals surface area (Å²) >= 11 is 0. The van der Waals surface area contributed by atoms with Crippen molar-refractivity contribution >= 4 is 29.9 Å². The van der Waals surface area contributed by atoms with Gasteiger partial charge in [-0.05, 0) is 49.9 Å². The smallest absolute Gasteiger partial charge is 0.193 e. The summed E-state index contributed by atoms with van der Waals surface area (Å²) in [7, 11) is 0. The second-order valence-electron chi connectivity index (χ2n) is 7.26. The molecule has 0 unspecified atom stereocenters. The van der Waals surface area contributed by atoms with Crippen LogP contribution in [0.3, 0.4) is 0 Å². The Morgan fingerprint density at radius 3 is 2.52 bits per heavy atom. The van der Waals surface area contributed by atoms with E-state index in [0.717, 1.165) is 38.8 Å². The minimum Gasteiger partial charge on any atom is -0.381 e. The maximum atomic E-state index is 5.54. The van der Waals surface area contributed by atoms with Crippen molar-refractivity contribution in [3.05, 3.63) is 0 Å². The third-order valence-electron chi connectivity index (χ3n) is 5.34. The Bertz CT molecular complexity index is 376. The van der Waals surface area contributed by atoms with Crippen LogP contribution in [-0.2, 0) is 4.74 Å². The summed E-state index contributed by atoms with van der Waals surface area (Å²) in [5.74, 6) is 1.14. The normalized spacial score (nSPS) is 26.6. The minimum atomic E-state index is 0. The molecule has 3 aliphatic rings. The van der Waals surface area contributed by atoms with Crippen LogP contribution in [0.25, 0.3) is 0 Å². The van der Waals surface area contributed by atoms with Gasteiger partial charge < -0.3 is 15.0 Å². The Hall–Kier alpha value is -0.0400. The van der Waals surface area contributed by atoms with Crippen LogP contribution in [0.5, 0.6) is 0 Å². The molecule has 1 aliphatic carbocycles. The number of rotatable bonds is 3. The number of guanidine groups is 1. The lowest BCUT2D eigenvalue weighted by Crippen LogP contribution is -2.42. The lowest BCUT2D eigenvalue weighted by Gasteiger charge is -2.33. The van der Waals surface area contributed by atoms with Gasteiger partial charge in [0.05, 0.1) is 0 Å². The first kappa shape index (κ1) is 17.3. The summed E-state index contributed by atoms with van der Waals surface area (Å²) in [5.41, 5.74) is 0.995. The Morgan fingerprint density at radius 1 is 1.19 bits per heavy atom. The highest BCUT2D eigenvalue weighted by Gasteiger charge is 2.41. The average molecular weight is 407 g/mol. The SMILES string of the molecule is CCNC(=NCC1(C)CC1)N1CCC2(CCOCC2)C1.I. The predicted octanol–water partition coefficient (Wildman–Crippen LogP) is 2.87. The first-order valence-electron chi connectivity index (χ1n) is 8.26. The molecule has 1 saturated carbocycles. The Balaban J connectivity index is 0.00000161. The second kappa shape index (κ2) is 7.02. The molecular formula is C16H30IN3O. The number of aliphatic imine (C=N–C) groups is 1. The average Bonchev–Trinajstić information content (AvgIpc) is 3.06. The summed E-state index contributed by atoms with van der Waals surface area (Å²) in [6.45, 7) is 10.7. The number of nitrogens with one attached hydrogen (secondary N) is 1. The van der Waals surface area contributed by atoms with Crippen LogP contribution in [0.1, 0.15) is 46.0 Å². The highest BCUT2D eigenvalue weighted by molar-refractivity contribution is 14.0. The van der Waals surface area contributed by atoms with Crippen molar-refractivity contribution in [2.24, 2.45) is 15.8 Å². The maximum absolute atomic E-state index is 5.54. The highest BCUT2D eigenvalue weighted by atomic mass is 127. The molecule has 3 fully saturated rings. The van der Waals surface area contributed by atoms with Gasteiger partial charge in [-0.3, -0.25) is 4.99 Å².